The van der Waals surface area contributed by atoms with Crippen LogP contribution in [0.15, 0.2) is 4.79 Å². The molecule has 26 heavy (non-hydrogen) atoms. The van der Waals surface area contributed by atoms with Crippen molar-refractivity contribution >= 4 is 35.5 Å². The summed E-state index contributed by atoms with van der Waals surface area (Å²) in [5.41, 5.74) is 8.66. The minimum Gasteiger partial charge on any atom is -0.449 e. The van der Waals surface area contributed by atoms with Gasteiger partial charge in [-0.15, -0.1) is 0 Å². The number of carbonyl (C=O) groups is 3. The van der Waals surface area contributed by atoms with Gasteiger partial charge in [-0.1, -0.05) is 0 Å². The lowest BCUT2D eigenvalue weighted by Gasteiger charge is -2.26. The van der Waals surface area contributed by atoms with Gasteiger partial charge in [0.15, 0.2) is 11.5 Å². The minimum absolute atomic E-state index is 0.0253. The number of amides is 3. The summed E-state index contributed by atoms with van der Waals surface area (Å²) in [6.07, 6.45) is -2.08. The van der Waals surface area contributed by atoms with E-state index in [0.717, 1.165) is 5.01 Å². The molecule has 0 unspecified atom stereocenters. The second-order valence-electron chi connectivity index (χ2n) is 4.72. The van der Waals surface area contributed by atoms with Gasteiger partial charge in [0.25, 0.3) is 5.56 Å². The zero-order chi connectivity index (χ0) is 19.9. The molecule has 13 nitrogen and oxygen atoms in total. The lowest BCUT2D eigenvalue weighted by atomic mass is 10.4. The molecule has 0 aliphatic rings. The summed E-state index contributed by atoms with van der Waals surface area (Å²) < 4.78 is 9.55. The SMILES string of the molecule is CCOC(=O)NN(C(=O)OCC)c1c(N(C)NC(C)=O)nc(N)[nH]c1=O. The maximum absolute atomic E-state index is 12.4. The smallest absolute Gasteiger partial charge is 0.433 e. The maximum Gasteiger partial charge on any atom is 0.433 e. The minimum atomic E-state index is -1.07. The molecule has 13 heteroatoms. The second-order valence-corrected chi connectivity index (χ2v) is 4.72. The molecule has 1 heterocycles. The van der Waals surface area contributed by atoms with Crippen LogP contribution in [0.5, 0.6) is 0 Å². The van der Waals surface area contributed by atoms with Crippen molar-refractivity contribution in [2.45, 2.75) is 20.8 Å². The van der Waals surface area contributed by atoms with Crippen LogP contribution in [-0.4, -0.2) is 48.3 Å². The monoisotopic (exact) mass is 371 g/mol. The van der Waals surface area contributed by atoms with Crippen LogP contribution in [-0.2, 0) is 14.3 Å². The fourth-order valence-corrected chi connectivity index (χ4v) is 1.83. The largest absolute Gasteiger partial charge is 0.449 e. The van der Waals surface area contributed by atoms with Gasteiger partial charge >= 0.3 is 12.2 Å². The standard InChI is InChI=1S/C13H21N7O6/c1-5-25-12(23)18-20(13(24)26-6-2)8-9(19(4)17-7(3)21)15-11(14)16-10(8)22/h5-6H2,1-4H3,(H,17,21)(H,18,23)(H3,14,15,16,22). The summed E-state index contributed by atoms with van der Waals surface area (Å²) in [7, 11) is 1.36. The molecule has 0 atom stereocenters. The van der Waals surface area contributed by atoms with Crippen molar-refractivity contribution in [3.63, 3.8) is 0 Å². The Morgan fingerprint density at radius 2 is 1.81 bits per heavy atom. The zero-order valence-electron chi connectivity index (χ0n) is 14.8. The van der Waals surface area contributed by atoms with Gasteiger partial charge in [-0.2, -0.15) is 9.99 Å². The lowest BCUT2D eigenvalue weighted by molar-refractivity contribution is -0.119. The van der Waals surface area contributed by atoms with Crippen LogP contribution in [0, 0.1) is 0 Å². The van der Waals surface area contributed by atoms with Crippen LogP contribution >= 0.6 is 0 Å². The van der Waals surface area contributed by atoms with E-state index in [1.165, 1.54) is 20.9 Å². The average molecular weight is 371 g/mol. The highest BCUT2D eigenvalue weighted by Gasteiger charge is 2.29. The molecule has 0 aliphatic carbocycles. The van der Waals surface area contributed by atoms with Crippen molar-refractivity contribution in [2.75, 3.05) is 36.0 Å². The number of hydrazine groups is 2. The van der Waals surface area contributed by atoms with Gasteiger partial charge in [-0.3, -0.25) is 25.0 Å². The van der Waals surface area contributed by atoms with E-state index < -0.39 is 29.3 Å². The predicted octanol–water partition coefficient (Wildman–Crippen LogP) is -0.537. The molecule has 5 N–H and O–H groups in total. The molecule has 1 rings (SSSR count). The van der Waals surface area contributed by atoms with Crippen LogP contribution in [0.25, 0.3) is 0 Å². The number of aromatic nitrogens is 2. The molecule has 0 bridgehead atoms. The van der Waals surface area contributed by atoms with E-state index in [1.54, 1.807) is 6.92 Å². The number of hydrogen-bond donors (Lipinski definition) is 4. The number of nitrogen functional groups attached to an aromatic ring is 1. The number of rotatable bonds is 5. The van der Waals surface area contributed by atoms with E-state index in [-0.39, 0.29) is 25.0 Å². The molecule has 144 valence electrons. The molecule has 0 saturated carbocycles. The Kier molecular flexibility index (Phi) is 7.19. The van der Waals surface area contributed by atoms with Gasteiger partial charge in [0.2, 0.25) is 11.9 Å². The molecule has 0 aliphatic heterocycles. The van der Waals surface area contributed by atoms with Crippen molar-refractivity contribution in [3.8, 4) is 0 Å². The van der Waals surface area contributed by atoms with Crippen LogP contribution in [0.1, 0.15) is 20.8 Å². The highest BCUT2D eigenvalue weighted by molar-refractivity contribution is 5.93. The predicted molar refractivity (Wildman–Crippen MR) is 91.1 cm³/mol. The Morgan fingerprint density at radius 1 is 1.19 bits per heavy atom. The number of H-pyrrole nitrogens is 1. The number of carbonyl (C=O) groups excluding carboxylic acids is 3. The molecule has 0 fully saturated rings. The first-order valence-electron chi connectivity index (χ1n) is 7.52. The van der Waals surface area contributed by atoms with E-state index in [1.807, 2.05) is 0 Å². The second kappa shape index (κ2) is 9.10. The maximum atomic E-state index is 12.4. The van der Waals surface area contributed by atoms with Gasteiger partial charge in [-0.25, -0.2) is 15.0 Å². The van der Waals surface area contributed by atoms with Gasteiger partial charge in [0.05, 0.1) is 13.2 Å². The third-order valence-electron chi connectivity index (χ3n) is 2.69. The normalized spacial score (nSPS) is 9.85. The molecule has 0 radical (unpaired) electrons. The molecule has 3 amide bonds. The lowest BCUT2D eigenvalue weighted by Crippen LogP contribution is -2.51. The van der Waals surface area contributed by atoms with E-state index in [9.17, 15) is 19.2 Å². The number of aromatic amines is 1. The van der Waals surface area contributed by atoms with Crippen LogP contribution < -0.4 is 32.2 Å². The molecule has 0 spiro atoms. The number of ether oxygens (including phenoxy) is 2. The first kappa shape index (κ1) is 20.5. The topological polar surface area (TPSA) is 172 Å². The number of nitrogens with one attached hydrogen (secondary N) is 3. The van der Waals surface area contributed by atoms with Crippen molar-refractivity contribution in [1.29, 1.82) is 0 Å². The molecule has 0 saturated heterocycles. The summed E-state index contributed by atoms with van der Waals surface area (Å²) in [4.78, 5) is 53.7. The fourth-order valence-electron chi connectivity index (χ4n) is 1.83. The van der Waals surface area contributed by atoms with E-state index in [4.69, 9.17) is 15.2 Å². The first-order valence-corrected chi connectivity index (χ1v) is 7.52. The number of nitrogens with two attached hydrogens (primary N) is 1. The molecular formula is C13H21N7O6. The highest BCUT2D eigenvalue weighted by Crippen LogP contribution is 2.21. The average Bonchev–Trinajstić information content (AvgIpc) is 2.52. The van der Waals surface area contributed by atoms with Crippen molar-refractivity contribution in [3.05, 3.63) is 10.4 Å². The summed E-state index contributed by atoms with van der Waals surface area (Å²) in [5.74, 6) is -0.961. The highest BCUT2D eigenvalue weighted by atomic mass is 16.6. The summed E-state index contributed by atoms with van der Waals surface area (Å²) in [6, 6.07) is 0. The van der Waals surface area contributed by atoms with Gasteiger partial charge in [0.1, 0.15) is 0 Å². The fraction of sp³-hybridized carbons (Fsp3) is 0.462. The summed E-state index contributed by atoms with van der Waals surface area (Å²) in [5, 5.41) is 1.57. The first-order chi connectivity index (χ1) is 12.2. The van der Waals surface area contributed by atoms with Gasteiger partial charge in [-0.05, 0) is 13.8 Å². The Hall–Kier alpha value is -3.51. The Labute approximate surface area is 148 Å². The Morgan fingerprint density at radius 3 is 2.35 bits per heavy atom. The zero-order valence-corrected chi connectivity index (χ0v) is 14.8. The number of anilines is 3. The third kappa shape index (κ3) is 5.25. The van der Waals surface area contributed by atoms with Crippen LogP contribution in [0.3, 0.4) is 0 Å². The molecule has 0 aromatic carbocycles. The van der Waals surface area contributed by atoms with Crippen LogP contribution in [0.4, 0.5) is 27.0 Å². The summed E-state index contributed by atoms with van der Waals surface area (Å²) in [6.45, 7) is 4.32. The van der Waals surface area contributed by atoms with E-state index in [0.29, 0.717) is 5.01 Å². The molecular weight excluding hydrogens is 350 g/mol. The number of hydrogen-bond acceptors (Lipinski definition) is 9. The van der Waals surface area contributed by atoms with Gasteiger partial charge in [0, 0.05) is 14.0 Å². The Bertz CT molecular complexity index is 734. The van der Waals surface area contributed by atoms with Crippen molar-refractivity contribution in [2.24, 2.45) is 0 Å². The van der Waals surface area contributed by atoms with Crippen LogP contribution in [0.2, 0.25) is 0 Å². The third-order valence-corrected chi connectivity index (χ3v) is 2.69. The van der Waals surface area contributed by atoms with E-state index >= 15 is 0 Å². The van der Waals surface area contributed by atoms with Crippen molar-refractivity contribution < 1.29 is 23.9 Å². The van der Waals surface area contributed by atoms with Crippen molar-refractivity contribution in [1.82, 2.24) is 20.8 Å². The molecule has 1 aromatic heterocycles. The number of nitrogens with zero attached hydrogens (tertiary/aromatic N) is 3. The quantitative estimate of drug-likeness (QED) is 0.496. The van der Waals surface area contributed by atoms with E-state index in [2.05, 4.69) is 20.8 Å². The molecule has 1 aromatic rings. The Balaban J connectivity index is 3.47. The summed E-state index contributed by atoms with van der Waals surface area (Å²) >= 11 is 0. The van der Waals surface area contributed by atoms with Gasteiger partial charge < -0.3 is 15.2 Å².